The van der Waals surface area contributed by atoms with E-state index in [9.17, 15) is 14.9 Å². The lowest BCUT2D eigenvalue weighted by Crippen LogP contribution is -2.16. The molecule has 19 heavy (non-hydrogen) atoms. The summed E-state index contributed by atoms with van der Waals surface area (Å²) in [5, 5.41) is 13.2. The molecule has 0 fully saturated rings. The Morgan fingerprint density at radius 3 is 2.79 bits per heavy atom. The van der Waals surface area contributed by atoms with E-state index in [4.69, 9.17) is 9.47 Å². The fourth-order valence-corrected chi connectivity index (χ4v) is 1.41. The summed E-state index contributed by atoms with van der Waals surface area (Å²) in [5.74, 6) is 0.210. The third-order valence-corrected chi connectivity index (χ3v) is 2.38. The van der Waals surface area contributed by atoms with Gasteiger partial charge in [0, 0.05) is 6.07 Å². The maximum Gasteiger partial charge on any atom is 0.411 e. The van der Waals surface area contributed by atoms with E-state index in [0.29, 0.717) is 0 Å². The first-order chi connectivity index (χ1) is 9.10. The predicted molar refractivity (Wildman–Crippen MR) is 69.5 cm³/mol. The number of hydrogen-bond acceptors (Lipinski definition) is 5. The van der Waals surface area contributed by atoms with Crippen LogP contribution in [0.25, 0.3) is 0 Å². The molecule has 1 N–H and O–H groups in total. The topological polar surface area (TPSA) is 90.7 Å². The fourth-order valence-electron chi connectivity index (χ4n) is 1.41. The first-order valence-corrected chi connectivity index (χ1v) is 5.85. The van der Waals surface area contributed by atoms with Crippen LogP contribution in [0.3, 0.4) is 0 Å². The highest BCUT2D eigenvalue weighted by Crippen LogP contribution is 2.33. The van der Waals surface area contributed by atoms with E-state index < -0.39 is 11.0 Å². The monoisotopic (exact) mass is 268 g/mol. The number of rotatable bonds is 6. The number of para-hydroxylation sites is 1. The molecule has 0 heterocycles. The molecule has 0 aliphatic heterocycles. The van der Waals surface area contributed by atoms with Crippen LogP contribution >= 0.6 is 0 Å². The van der Waals surface area contributed by atoms with Crippen LogP contribution in [-0.4, -0.2) is 24.7 Å². The van der Waals surface area contributed by atoms with Crippen molar-refractivity contribution in [2.24, 2.45) is 0 Å². The van der Waals surface area contributed by atoms with Gasteiger partial charge in [0.2, 0.25) is 0 Å². The fraction of sp³-hybridized carbons (Fsp3) is 0.417. The van der Waals surface area contributed by atoms with Gasteiger partial charge in [-0.2, -0.15) is 0 Å². The van der Waals surface area contributed by atoms with Gasteiger partial charge < -0.3 is 9.47 Å². The molecule has 1 amide bonds. The zero-order valence-electron chi connectivity index (χ0n) is 10.8. The predicted octanol–water partition coefficient (Wildman–Crippen LogP) is 2.95. The Balaban J connectivity index is 2.86. The van der Waals surface area contributed by atoms with E-state index in [1.54, 1.807) is 0 Å². The first-order valence-electron chi connectivity index (χ1n) is 5.85. The van der Waals surface area contributed by atoms with Crippen molar-refractivity contribution in [3.05, 3.63) is 28.3 Å². The van der Waals surface area contributed by atoms with Gasteiger partial charge in [0.05, 0.1) is 18.6 Å². The zero-order valence-corrected chi connectivity index (χ0v) is 10.8. The van der Waals surface area contributed by atoms with Gasteiger partial charge in [0.25, 0.3) is 5.69 Å². The van der Waals surface area contributed by atoms with Gasteiger partial charge in [-0.05, 0) is 12.5 Å². The van der Waals surface area contributed by atoms with Gasteiger partial charge in [-0.15, -0.1) is 0 Å². The maximum absolute atomic E-state index is 11.5. The lowest BCUT2D eigenvalue weighted by Gasteiger charge is -2.10. The largest absolute Gasteiger partial charge is 0.494 e. The summed E-state index contributed by atoms with van der Waals surface area (Å²) in [5.41, 5.74) is -0.247. The molecular weight excluding hydrogens is 252 g/mol. The summed E-state index contributed by atoms with van der Waals surface area (Å²) in [4.78, 5) is 21.8. The van der Waals surface area contributed by atoms with Crippen LogP contribution in [0.2, 0.25) is 0 Å². The number of amides is 1. The summed E-state index contributed by atoms with van der Waals surface area (Å²) >= 11 is 0. The number of nitro benzene ring substituents is 1. The van der Waals surface area contributed by atoms with Crippen molar-refractivity contribution in [2.45, 2.75) is 19.8 Å². The number of carbonyl (C=O) groups is 1. The van der Waals surface area contributed by atoms with Gasteiger partial charge in [-0.25, -0.2) is 4.79 Å². The van der Waals surface area contributed by atoms with Crippen LogP contribution in [0, 0.1) is 10.1 Å². The summed E-state index contributed by atoms with van der Waals surface area (Å²) in [6.45, 7) is 2.23. The Hall–Kier alpha value is -2.31. The summed E-state index contributed by atoms with van der Waals surface area (Å²) in [6.07, 6.45) is 0.893. The van der Waals surface area contributed by atoms with Gasteiger partial charge in [0.15, 0.2) is 5.69 Å². The highest BCUT2D eigenvalue weighted by Gasteiger charge is 2.20. The minimum atomic E-state index is -0.735. The second-order valence-corrected chi connectivity index (χ2v) is 3.73. The number of carbonyl (C=O) groups excluding carboxylic acids is 1. The van der Waals surface area contributed by atoms with Crippen molar-refractivity contribution in [2.75, 3.05) is 19.0 Å². The Morgan fingerprint density at radius 1 is 1.47 bits per heavy atom. The van der Waals surface area contributed by atoms with E-state index in [1.165, 1.54) is 25.3 Å². The molecule has 1 rings (SSSR count). The minimum Gasteiger partial charge on any atom is -0.494 e. The highest BCUT2D eigenvalue weighted by molar-refractivity contribution is 5.90. The number of hydrogen-bond donors (Lipinski definition) is 1. The number of nitrogens with one attached hydrogen (secondary N) is 1. The molecule has 0 atom stereocenters. The van der Waals surface area contributed by atoms with Crippen molar-refractivity contribution in [1.29, 1.82) is 0 Å². The third-order valence-electron chi connectivity index (χ3n) is 2.38. The van der Waals surface area contributed by atoms with Crippen molar-refractivity contribution in [3.8, 4) is 5.75 Å². The highest BCUT2D eigenvalue weighted by atomic mass is 16.6. The van der Waals surface area contributed by atoms with E-state index in [-0.39, 0.29) is 23.7 Å². The Labute approximate surface area is 110 Å². The van der Waals surface area contributed by atoms with E-state index >= 15 is 0 Å². The molecule has 0 radical (unpaired) electrons. The molecule has 1 aromatic carbocycles. The van der Waals surface area contributed by atoms with Crippen molar-refractivity contribution < 1.29 is 19.2 Å². The smallest absolute Gasteiger partial charge is 0.411 e. The second-order valence-electron chi connectivity index (χ2n) is 3.73. The number of anilines is 1. The van der Waals surface area contributed by atoms with Crippen LogP contribution in [-0.2, 0) is 4.74 Å². The molecule has 0 spiro atoms. The molecule has 0 unspecified atom stereocenters. The molecule has 0 bridgehead atoms. The quantitative estimate of drug-likeness (QED) is 0.486. The molecule has 0 aliphatic rings. The third kappa shape index (κ3) is 4.13. The van der Waals surface area contributed by atoms with Crippen LogP contribution in [0.1, 0.15) is 19.8 Å². The minimum absolute atomic E-state index is 0.00324. The first kappa shape index (κ1) is 14.7. The molecule has 0 saturated heterocycles. The standard InChI is InChI=1S/C12H16N2O5/c1-3-4-8-19-12(15)13-11-9(14(16)17)6-5-7-10(11)18-2/h5-7H,3-4,8H2,1-2H3,(H,13,15). The number of ether oxygens (including phenoxy) is 2. The van der Waals surface area contributed by atoms with Gasteiger partial charge in [0.1, 0.15) is 5.75 Å². The lowest BCUT2D eigenvalue weighted by atomic mass is 10.2. The Bertz CT molecular complexity index is 461. The summed E-state index contributed by atoms with van der Waals surface area (Å²) < 4.78 is 9.88. The van der Waals surface area contributed by atoms with Gasteiger partial charge in [-0.1, -0.05) is 19.4 Å². The summed E-state index contributed by atoms with van der Waals surface area (Å²) in [6, 6.07) is 4.28. The summed E-state index contributed by atoms with van der Waals surface area (Å²) in [7, 11) is 1.37. The molecule has 0 saturated carbocycles. The molecular formula is C12H16N2O5. The molecule has 7 nitrogen and oxygen atoms in total. The normalized spacial score (nSPS) is 9.79. The van der Waals surface area contributed by atoms with Crippen molar-refractivity contribution >= 4 is 17.5 Å². The number of nitro groups is 1. The molecule has 7 heteroatoms. The Morgan fingerprint density at radius 2 is 2.21 bits per heavy atom. The van der Waals surface area contributed by atoms with Crippen LogP contribution in [0.4, 0.5) is 16.2 Å². The SMILES string of the molecule is CCCCOC(=O)Nc1c(OC)cccc1[N+](=O)[O-]. The van der Waals surface area contributed by atoms with Gasteiger partial charge in [-0.3, -0.25) is 15.4 Å². The van der Waals surface area contributed by atoms with Crippen LogP contribution < -0.4 is 10.1 Å². The van der Waals surface area contributed by atoms with Crippen LogP contribution in [0.15, 0.2) is 18.2 Å². The average Bonchev–Trinajstić information content (AvgIpc) is 2.39. The van der Waals surface area contributed by atoms with Gasteiger partial charge >= 0.3 is 6.09 Å². The van der Waals surface area contributed by atoms with Crippen LogP contribution in [0.5, 0.6) is 5.75 Å². The van der Waals surface area contributed by atoms with E-state index in [2.05, 4.69) is 5.32 Å². The second kappa shape index (κ2) is 7.20. The number of unbranched alkanes of at least 4 members (excludes halogenated alkanes) is 1. The molecule has 0 aromatic heterocycles. The molecule has 104 valence electrons. The lowest BCUT2D eigenvalue weighted by molar-refractivity contribution is -0.384. The van der Waals surface area contributed by atoms with E-state index in [1.807, 2.05) is 6.92 Å². The maximum atomic E-state index is 11.5. The molecule has 0 aliphatic carbocycles. The van der Waals surface area contributed by atoms with Crippen molar-refractivity contribution in [3.63, 3.8) is 0 Å². The number of nitrogens with zero attached hydrogens (tertiary/aromatic N) is 1. The zero-order chi connectivity index (χ0) is 14.3. The Kier molecular flexibility index (Phi) is 5.59. The molecule has 1 aromatic rings. The number of benzene rings is 1. The van der Waals surface area contributed by atoms with Crippen molar-refractivity contribution in [1.82, 2.24) is 0 Å². The average molecular weight is 268 g/mol. The van der Waals surface area contributed by atoms with E-state index in [0.717, 1.165) is 12.8 Å². The number of methoxy groups -OCH3 is 1.